The molecule has 1 heterocycles. The third-order valence-electron chi connectivity index (χ3n) is 4.49. The summed E-state index contributed by atoms with van der Waals surface area (Å²) < 4.78 is 7.75. The van der Waals surface area contributed by atoms with Crippen molar-refractivity contribution in [2.24, 2.45) is 0 Å². The second-order valence-electron chi connectivity index (χ2n) is 6.50. The van der Waals surface area contributed by atoms with Gasteiger partial charge in [0.2, 0.25) is 0 Å². The van der Waals surface area contributed by atoms with Crippen LogP contribution in [0.15, 0.2) is 91.5 Å². The first kappa shape index (κ1) is 20.0. The molecular weight excluding hydrogens is 421 g/mol. The zero-order valence-electron chi connectivity index (χ0n) is 15.7. The Morgan fingerprint density at radius 2 is 1.60 bits per heavy atom. The molecule has 0 fully saturated rings. The summed E-state index contributed by atoms with van der Waals surface area (Å²) in [7, 11) is 0. The second-order valence-corrected chi connectivity index (χ2v) is 7.37. The van der Waals surface area contributed by atoms with E-state index in [-0.39, 0.29) is 0 Å². The van der Waals surface area contributed by atoms with Gasteiger partial charge in [0.25, 0.3) is 0 Å². The summed E-state index contributed by atoms with van der Waals surface area (Å²) >= 11 is 12.0. The molecule has 0 bridgehead atoms. The van der Waals surface area contributed by atoms with Crippen molar-refractivity contribution >= 4 is 35.0 Å². The number of aromatic nitrogens is 2. The van der Waals surface area contributed by atoms with E-state index < -0.39 is 12.2 Å². The van der Waals surface area contributed by atoms with Crippen LogP contribution in [0.1, 0.15) is 17.2 Å². The minimum absolute atomic E-state index is 0.585. The van der Waals surface area contributed by atoms with Gasteiger partial charge < -0.3 is 9.30 Å². The summed E-state index contributed by atoms with van der Waals surface area (Å²) in [5.74, 6) is 0. The molecule has 3 aromatic carbocycles. The molecule has 0 unspecified atom stereocenters. The number of benzene rings is 3. The number of hydrogen-bond acceptors (Lipinski definition) is 3. The van der Waals surface area contributed by atoms with Crippen molar-refractivity contribution in [3.8, 4) is 5.69 Å². The summed E-state index contributed by atoms with van der Waals surface area (Å²) in [6, 6.07) is 21.7. The largest absolute Gasteiger partial charge is 0.436 e. The number of hydrogen-bond donors (Lipinski definition) is 1. The van der Waals surface area contributed by atoms with Crippen LogP contribution in [0.4, 0.5) is 10.5 Å². The van der Waals surface area contributed by atoms with E-state index in [4.69, 9.17) is 27.9 Å². The van der Waals surface area contributed by atoms with Crippen LogP contribution >= 0.6 is 23.2 Å². The van der Waals surface area contributed by atoms with Crippen molar-refractivity contribution in [3.05, 3.63) is 113 Å². The van der Waals surface area contributed by atoms with Crippen molar-refractivity contribution < 1.29 is 9.53 Å². The Kier molecular flexibility index (Phi) is 6.02. The van der Waals surface area contributed by atoms with E-state index in [1.165, 1.54) is 0 Å². The Morgan fingerprint density at radius 3 is 2.27 bits per heavy atom. The van der Waals surface area contributed by atoms with Gasteiger partial charge in [0.15, 0.2) is 6.10 Å². The molecule has 0 aliphatic rings. The highest BCUT2D eigenvalue weighted by Crippen LogP contribution is 2.32. The lowest BCUT2D eigenvalue weighted by Crippen LogP contribution is -2.19. The number of anilines is 1. The molecule has 0 saturated carbocycles. The Labute approximate surface area is 183 Å². The fourth-order valence-electron chi connectivity index (χ4n) is 3.08. The van der Waals surface area contributed by atoms with Gasteiger partial charge in [-0.05, 0) is 48.0 Å². The molecule has 0 radical (unpaired) electrons. The molecule has 7 heteroatoms. The van der Waals surface area contributed by atoms with E-state index in [1.54, 1.807) is 48.9 Å². The molecule has 0 aliphatic carbocycles. The standard InChI is InChI=1S/C23H17Cl2N3O2/c24-17-7-5-16(6-8-17)22(30-23(29)27-19-11-9-18(25)10-12-19)20-3-1-2-4-21(20)28-14-13-26-15-28/h1-15,22H,(H,27,29)/t22-/m0/s1. The van der Waals surface area contributed by atoms with Crippen LogP contribution < -0.4 is 5.32 Å². The molecule has 1 atom stereocenters. The first-order valence-corrected chi connectivity index (χ1v) is 9.92. The number of carbonyl (C=O) groups is 1. The molecular formula is C23H17Cl2N3O2. The maximum Gasteiger partial charge on any atom is 0.412 e. The number of nitrogens with one attached hydrogen (secondary N) is 1. The van der Waals surface area contributed by atoms with Crippen molar-refractivity contribution in [3.63, 3.8) is 0 Å². The molecule has 5 nitrogen and oxygen atoms in total. The van der Waals surface area contributed by atoms with Gasteiger partial charge in [0.1, 0.15) is 0 Å². The van der Waals surface area contributed by atoms with Crippen LogP contribution in [0.25, 0.3) is 5.69 Å². The Hall–Kier alpha value is -3.28. The third kappa shape index (κ3) is 4.64. The fraction of sp³-hybridized carbons (Fsp3) is 0.0435. The van der Waals surface area contributed by atoms with Crippen LogP contribution in [0.5, 0.6) is 0 Å². The van der Waals surface area contributed by atoms with Crippen molar-refractivity contribution in [2.75, 3.05) is 5.32 Å². The monoisotopic (exact) mass is 437 g/mol. The van der Waals surface area contributed by atoms with Gasteiger partial charge in [-0.15, -0.1) is 0 Å². The first-order valence-electron chi connectivity index (χ1n) is 9.16. The van der Waals surface area contributed by atoms with Crippen LogP contribution in [-0.2, 0) is 4.74 Å². The number of amides is 1. The lowest BCUT2D eigenvalue weighted by Gasteiger charge is -2.22. The molecule has 1 amide bonds. The van der Waals surface area contributed by atoms with E-state index in [1.807, 2.05) is 47.2 Å². The van der Waals surface area contributed by atoms with E-state index in [0.717, 1.165) is 16.8 Å². The van der Waals surface area contributed by atoms with Crippen molar-refractivity contribution in [2.45, 2.75) is 6.10 Å². The molecule has 0 saturated heterocycles. The van der Waals surface area contributed by atoms with E-state index in [9.17, 15) is 4.79 Å². The Balaban J connectivity index is 1.68. The SMILES string of the molecule is O=C(Nc1ccc(Cl)cc1)O[C@@H](c1ccc(Cl)cc1)c1ccccc1-n1ccnc1. The van der Waals surface area contributed by atoms with E-state index in [0.29, 0.717) is 15.7 Å². The number of imidazole rings is 1. The van der Waals surface area contributed by atoms with Gasteiger partial charge >= 0.3 is 6.09 Å². The third-order valence-corrected chi connectivity index (χ3v) is 4.99. The molecule has 1 N–H and O–H groups in total. The molecule has 1 aromatic heterocycles. The minimum atomic E-state index is -0.659. The van der Waals surface area contributed by atoms with E-state index >= 15 is 0 Å². The predicted octanol–water partition coefficient (Wildman–Crippen LogP) is 6.52. The molecule has 0 aliphatic heterocycles. The zero-order valence-corrected chi connectivity index (χ0v) is 17.2. The molecule has 0 spiro atoms. The quantitative estimate of drug-likeness (QED) is 0.386. The van der Waals surface area contributed by atoms with Gasteiger partial charge in [0.05, 0.1) is 12.0 Å². The van der Waals surface area contributed by atoms with E-state index in [2.05, 4.69) is 10.3 Å². The fourth-order valence-corrected chi connectivity index (χ4v) is 3.33. The predicted molar refractivity (Wildman–Crippen MR) is 118 cm³/mol. The molecule has 150 valence electrons. The smallest absolute Gasteiger partial charge is 0.412 e. The molecule has 30 heavy (non-hydrogen) atoms. The maximum absolute atomic E-state index is 12.7. The minimum Gasteiger partial charge on any atom is -0.436 e. The zero-order chi connectivity index (χ0) is 20.9. The van der Waals surface area contributed by atoms with Crippen LogP contribution in [0, 0.1) is 0 Å². The summed E-state index contributed by atoms with van der Waals surface area (Å²) in [6.07, 6.45) is 3.99. The van der Waals surface area contributed by atoms with Crippen molar-refractivity contribution in [1.82, 2.24) is 9.55 Å². The van der Waals surface area contributed by atoms with Gasteiger partial charge in [-0.3, -0.25) is 5.32 Å². The lowest BCUT2D eigenvalue weighted by molar-refractivity contribution is 0.131. The number of halogens is 2. The van der Waals surface area contributed by atoms with Gasteiger partial charge in [-0.2, -0.15) is 0 Å². The highest BCUT2D eigenvalue weighted by Gasteiger charge is 2.23. The normalized spacial score (nSPS) is 11.7. The number of carbonyl (C=O) groups excluding carboxylic acids is 1. The highest BCUT2D eigenvalue weighted by atomic mass is 35.5. The summed E-state index contributed by atoms with van der Waals surface area (Å²) in [5, 5.41) is 3.93. The van der Waals surface area contributed by atoms with Gasteiger partial charge in [-0.1, -0.05) is 53.5 Å². The van der Waals surface area contributed by atoms with Gasteiger partial charge in [-0.25, -0.2) is 9.78 Å². The number of nitrogens with zero attached hydrogens (tertiary/aromatic N) is 2. The lowest BCUT2D eigenvalue weighted by atomic mass is 9.99. The average molecular weight is 438 g/mol. The van der Waals surface area contributed by atoms with Crippen LogP contribution in [-0.4, -0.2) is 15.6 Å². The first-order chi connectivity index (χ1) is 14.6. The summed E-state index contributed by atoms with van der Waals surface area (Å²) in [4.78, 5) is 16.8. The van der Waals surface area contributed by atoms with Gasteiger partial charge in [0, 0.05) is 33.7 Å². The van der Waals surface area contributed by atoms with Crippen LogP contribution in [0.2, 0.25) is 10.0 Å². The van der Waals surface area contributed by atoms with Crippen LogP contribution in [0.3, 0.4) is 0 Å². The second kappa shape index (κ2) is 9.03. The number of rotatable bonds is 5. The molecule has 4 aromatic rings. The van der Waals surface area contributed by atoms with Crippen molar-refractivity contribution in [1.29, 1.82) is 0 Å². The molecule has 4 rings (SSSR count). The Morgan fingerprint density at radius 1 is 0.933 bits per heavy atom. The maximum atomic E-state index is 12.7. The summed E-state index contributed by atoms with van der Waals surface area (Å²) in [5.41, 5.74) is 3.04. The summed E-state index contributed by atoms with van der Waals surface area (Å²) in [6.45, 7) is 0. The number of ether oxygens (including phenoxy) is 1. The topological polar surface area (TPSA) is 56.1 Å². The number of para-hydroxylation sites is 1. The average Bonchev–Trinajstić information content (AvgIpc) is 3.29. The highest BCUT2D eigenvalue weighted by molar-refractivity contribution is 6.30. The Bertz CT molecular complexity index is 1130.